The van der Waals surface area contributed by atoms with Gasteiger partial charge in [-0.2, -0.15) is 0 Å². The van der Waals surface area contributed by atoms with Crippen molar-refractivity contribution in [1.29, 1.82) is 0 Å². The van der Waals surface area contributed by atoms with E-state index in [2.05, 4.69) is 22.1 Å². The monoisotopic (exact) mass is 331 g/mol. The maximum Gasteiger partial charge on any atom is 0.193 e. The molecule has 1 heterocycles. The summed E-state index contributed by atoms with van der Waals surface area (Å²) in [7, 11) is 3.52. The van der Waals surface area contributed by atoms with Crippen molar-refractivity contribution in [2.75, 3.05) is 33.8 Å². The zero-order valence-corrected chi connectivity index (χ0v) is 15.0. The van der Waals surface area contributed by atoms with E-state index < -0.39 is 0 Å². The molecule has 1 N–H and O–H groups in total. The first kappa shape index (κ1) is 16.9. The van der Waals surface area contributed by atoms with Crippen molar-refractivity contribution in [2.45, 2.75) is 38.7 Å². The maximum absolute atomic E-state index is 6.01. The van der Waals surface area contributed by atoms with Crippen LogP contribution < -0.4 is 14.8 Å². The lowest BCUT2D eigenvalue weighted by Gasteiger charge is -2.38. The van der Waals surface area contributed by atoms with E-state index in [0.29, 0.717) is 12.0 Å². The molecule has 0 aromatic heterocycles. The number of methoxy groups -OCH3 is 1. The topological polar surface area (TPSA) is 46.1 Å². The molecular formula is C19H29N3O2. The Kier molecular flexibility index (Phi) is 5.17. The largest absolute Gasteiger partial charge is 0.493 e. The van der Waals surface area contributed by atoms with Gasteiger partial charge < -0.3 is 19.7 Å². The van der Waals surface area contributed by atoms with Gasteiger partial charge in [0, 0.05) is 20.1 Å². The van der Waals surface area contributed by atoms with Crippen LogP contribution >= 0.6 is 0 Å². The van der Waals surface area contributed by atoms with E-state index in [4.69, 9.17) is 9.47 Å². The number of benzene rings is 1. The molecule has 2 aliphatic rings. The first-order chi connectivity index (χ1) is 11.7. The molecular weight excluding hydrogens is 302 g/mol. The van der Waals surface area contributed by atoms with Crippen LogP contribution in [0.15, 0.2) is 29.3 Å². The Labute approximate surface area is 145 Å². The van der Waals surface area contributed by atoms with E-state index in [1.807, 2.05) is 31.3 Å². The van der Waals surface area contributed by atoms with Gasteiger partial charge in [-0.3, -0.25) is 4.99 Å². The Morgan fingerprint density at radius 1 is 1.29 bits per heavy atom. The normalized spacial score (nSPS) is 20.6. The molecule has 1 aliphatic heterocycles. The fraction of sp³-hybridized carbons (Fsp3) is 0.632. The van der Waals surface area contributed by atoms with Crippen molar-refractivity contribution < 1.29 is 9.47 Å². The number of nitrogens with one attached hydrogen (secondary N) is 1. The molecule has 24 heavy (non-hydrogen) atoms. The van der Waals surface area contributed by atoms with Crippen LogP contribution in [-0.4, -0.2) is 50.8 Å². The SMILES string of the molecule is CN=C(NCC(C)Oc1ccccc1OC)N1CCC2(CCC2)C1. The molecule has 1 spiro atoms. The number of guanidine groups is 1. The Bertz CT molecular complexity index is 584. The van der Waals surface area contributed by atoms with Gasteiger partial charge in [0.2, 0.25) is 0 Å². The smallest absolute Gasteiger partial charge is 0.193 e. The number of hydrogen-bond donors (Lipinski definition) is 1. The van der Waals surface area contributed by atoms with E-state index in [-0.39, 0.29) is 6.10 Å². The Morgan fingerprint density at radius 2 is 2.04 bits per heavy atom. The third-order valence-electron chi connectivity index (χ3n) is 5.31. The van der Waals surface area contributed by atoms with E-state index in [1.54, 1.807) is 7.11 Å². The quantitative estimate of drug-likeness (QED) is 0.666. The van der Waals surface area contributed by atoms with Crippen molar-refractivity contribution in [3.05, 3.63) is 24.3 Å². The lowest BCUT2D eigenvalue weighted by atomic mass is 9.68. The predicted molar refractivity (Wildman–Crippen MR) is 96.9 cm³/mol. The molecule has 1 unspecified atom stereocenters. The molecule has 1 atom stereocenters. The van der Waals surface area contributed by atoms with Crippen molar-refractivity contribution >= 4 is 5.96 Å². The lowest BCUT2D eigenvalue weighted by Crippen LogP contribution is -2.45. The first-order valence-corrected chi connectivity index (χ1v) is 8.91. The van der Waals surface area contributed by atoms with Crippen LogP contribution in [0.4, 0.5) is 0 Å². The Morgan fingerprint density at radius 3 is 2.62 bits per heavy atom. The molecule has 5 heteroatoms. The molecule has 0 radical (unpaired) electrons. The van der Waals surface area contributed by atoms with Crippen molar-refractivity contribution in [3.63, 3.8) is 0 Å². The summed E-state index contributed by atoms with van der Waals surface area (Å²) >= 11 is 0. The van der Waals surface area contributed by atoms with E-state index in [1.165, 1.54) is 25.7 Å². The van der Waals surface area contributed by atoms with Gasteiger partial charge in [0.1, 0.15) is 6.10 Å². The van der Waals surface area contributed by atoms with E-state index in [0.717, 1.165) is 30.5 Å². The highest BCUT2D eigenvalue weighted by Gasteiger charge is 2.43. The number of ether oxygens (including phenoxy) is 2. The van der Waals surface area contributed by atoms with Gasteiger partial charge in [-0.25, -0.2) is 0 Å². The molecule has 3 rings (SSSR count). The number of likely N-dealkylation sites (tertiary alicyclic amines) is 1. The lowest BCUT2D eigenvalue weighted by molar-refractivity contribution is 0.151. The maximum atomic E-state index is 6.01. The zero-order valence-electron chi connectivity index (χ0n) is 15.0. The minimum Gasteiger partial charge on any atom is -0.493 e. The molecule has 1 saturated carbocycles. The number of hydrogen-bond acceptors (Lipinski definition) is 3. The van der Waals surface area contributed by atoms with Gasteiger partial charge in [-0.05, 0) is 43.7 Å². The van der Waals surface area contributed by atoms with Crippen LogP contribution in [0, 0.1) is 5.41 Å². The number of nitrogens with zero attached hydrogens (tertiary/aromatic N) is 2. The van der Waals surface area contributed by atoms with Crippen LogP contribution in [0.25, 0.3) is 0 Å². The summed E-state index contributed by atoms with van der Waals surface area (Å²) in [5, 5.41) is 3.46. The van der Waals surface area contributed by atoms with Gasteiger partial charge in [0.15, 0.2) is 17.5 Å². The van der Waals surface area contributed by atoms with Crippen molar-refractivity contribution in [3.8, 4) is 11.5 Å². The van der Waals surface area contributed by atoms with Gasteiger partial charge >= 0.3 is 0 Å². The fourth-order valence-corrected chi connectivity index (χ4v) is 3.74. The van der Waals surface area contributed by atoms with Crippen LogP contribution in [-0.2, 0) is 0 Å². The molecule has 1 aliphatic carbocycles. The number of rotatable bonds is 5. The van der Waals surface area contributed by atoms with Crippen LogP contribution in [0.2, 0.25) is 0 Å². The highest BCUT2D eigenvalue weighted by Crippen LogP contribution is 2.47. The second-order valence-electron chi connectivity index (χ2n) is 7.03. The standard InChI is InChI=1S/C19H29N3O2/c1-15(24-17-8-5-4-7-16(17)23-3)13-21-18(20-2)22-12-11-19(14-22)9-6-10-19/h4-5,7-8,15H,6,9-14H2,1-3H3,(H,20,21). The van der Waals surface area contributed by atoms with E-state index >= 15 is 0 Å². The summed E-state index contributed by atoms with van der Waals surface area (Å²) in [5.41, 5.74) is 0.580. The third kappa shape index (κ3) is 3.60. The summed E-state index contributed by atoms with van der Waals surface area (Å²) in [6, 6.07) is 7.75. The molecule has 0 amide bonds. The molecule has 1 aromatic rings. The highest BCUT2D eigenvalue weighted by atomic mass is 16.5. The third-order valence-corrected chi connectivity index (χ3v) is 5.31. The van der Waals surface area contributed by atoms with Gasteiger partial charge in [0.05, 0.1) is 13.7 Å². The second-order valence-corrected chi connectivity index (χ2v) is 7.03. The highest BCUT2D eigenvalue weighted by molar-refractivity contribution is 5.80. The summed E-state index contributed by atoms with van der Waals surface area (Å²) in [6.45, 7) is 5.04. The van der Waals surface area contributed by atoms with Crippen LogP contribution in [0.5, 0.6) is 11.5 Å². The predicted octanol–water partition coefficient (Wildman–Crippen LogP) is 2.91. The molecule has 2 fully saturated rings. The zero-order chi connectivity index (χ0) is 17.0. The molecule has 5 nitrogen and oxygen atoms in total. The summed E-state index contributed by atoms with van der Waals surface area (Å²) in [5.74, 6) is 2.54. The van der Waals surface area contributed by atoms with Gasteiger partial charge in [-0.15, -0.1) is 0 Å². The summed E-state index contributed by atoms with van der Waals surface area (Å²) < 4.78 is 11.3. The molecule has 0 bridgehead atoms. The molecule has 1 aromatic carbocycles. The average Bonchev–Trinajstić information content (AvgIpc) is 3.02. The van der Waals surface area contributed by atoms with Gasteiger partial charge in [-0.1, -0.05) is 18.6 Å². The summed E-state index contributed by atoms with van der Waals surface area (Å²) in [6.07, 6.45) is 5.49. The Balaban J connectivity index is 1.50. The minimum absolute atomic E-state index is 0.0262. The second kappa shape index (κ2) is 7.32. The first-order valence-electron chi connectivity index (χ1n) is 8.91. The van der Waals surface area contributed by atoms with E-state index in [9.17, 15) is 0 Å². The average molecular weight is 331 g/mol. The summed E-state index contributed by atoms with van der Waals surface area (Å²) in [4.78, 5) is 6.86. The van der Waals surface area contributed by atoms with Gasteiger partial charge in [0.25, 0.3) is 0 Å². The van der Waals surface area contributed by atoms with Crippen LogP contribution in [0.3, 0.4) is 0 Å². The molecule has 132 valence electrons. The Hall–Kier alpha value is -1.91. The number of para-hydroxylation sites is 2. The van der Waals surface area contributed by atoms with Crippen LogP contribution in [0.1, 0.15) is 32.6 Å². The number of aliphatic imine (C=N–C) groups is 1. The van der Waals surface area contributed by atoms with Crippen molar-refractivity contribution in [1.82, 2.24) is 10.2 Å². The molecule has 1 saturated heterocycles. The fourth-order valence-electron chi connectivity index (χ4n) is 3.74. The minimum atomic E-state index is 0.0262. The van der Waals surface area contributed by atoms with Crippen molar-refractivity contribution in [2.24, 2.45) is 10.4 Å².